The first-order valence-corrected chi connectivity index (χ1v) is 11.5. The molecule has 32 heavy (non-hydrogen) atoms. The van der Waals surface area contributed by atoms with E-state index in [1.54, 1.807) is 12.1 Å². The fraction of sp³-hybridized carbons (Fsp3) is 0.231. The van der Waals surface area contributed by atoms with E-state index in [1.165, 1.54) is 28.3 Å². The van der Waals surface area contributed by atoms with Gasteiger partial charge in [-0.25, -0.2) is 0 Å². The molecule has 3 aromatic carbocycles. The molecule has 4 nitrogen and oxygen atoms in total. The maximum atomic E-state index is 12.5. The van der Waals surface area contributed by atoms with Gasteiger partial charge < -0.3 is 10.6 Å². The van der Waals surface area contributed by atoms with Crippen LogP contribution in [0.5, 0.6) is 0 Å². The van der Waals surface area contributed by atoms with Gasteiger partial charge in [-0.1, -0.05) is 71.7 Å². The van der Waals surface area contributed by atoms with Gasteiger partial charge in [0, 0.05) is 23.4 Å². The zero-order valence-electron chi connectivity index (χ0n) is 17.3. The number of rotatable bonds is 5. The Balaban J connectivity index is 1.24. The van der Waals surface area contributed by atoms with E-state index < -0.39 is 5.91 Å². The van der Waals surface area contributed by atoms with E-state index in [0.29, 0.717) is 29.0 Å². The fourth-order valence-electron chi connectivity index (χ4n) is 5.20. The maximum absolute atomic E-state index is 12.5. The lowest BCUT2D eigenvalue weighted by Crippen LogP contribution is -2.42. The van der Waals surface area contributed by atoms with Crippen LogP contribution in [0, 0.1) is 5.92 Å². The molecule has 2 amide bonds. The summed E-state index contributed by atoms with van der Waals surface area (Å²) in [6.07, 6.45) is 1.01. The number of amides is 2. The molecule has 6 heteroatoms. The number of fused-ring (bicyclic) bond motifs is 1. The summed E-state index contributed by atoms with van der Waals surface area (Å²) in [4.78, 5) is 24.8. The molecule has 2 N–H and O–H groups in total. The third-order valence-corrected chi connectivity index (χ3v) is 7.12. The zero-order valence-corrected chi connectivity index (χ0v) is 18.8. The van der Waals surface area contributed by atoms with Gasteiger partial charge in [-0.2, -0.15) is 0 Å². The Bertz CT molecular complexity index is 1160. The van der Waals surface area contributed by atoms with E-state index in [0.717, 1.165) is 6.42 Å². The van der Waals surface area contributed by atoms with E-state index in [-0.39, 0.29) is 23.4 Å². The van der Waals surface area contributed by atoms with Gasteiger partial charge in [0.15, 0.2) is 0 Å². The van der Waals surface area contributed by atoms with E-state index in [9.17, 15) is 9.59 Å². The SMILES string of the molecule is O=C(CNC(=O)c1ccc(Cl)cc1Cl)NCC1CC2c3ccccc3C1c1ccccc12. The van der Waals surface area contributed by atoms with Crippen LogP contribution in [0.25, 0.3) is 0 Å². The van der Waals surface area contributed by atoms with Crippen LogP contribution in [0.2, 0.25) is 10.0 Å². The summed E-state index contributed by atoms with van der Waals surface area (Å²) in [6.45, 7) is 0.464. The highest BCUT2D eigenvalue weighted by atomic mass is 35.5. The van der Waals surface area contributed by atoms with Gasteiger partial charge in [0.2, 0.25) is 5.91 Å². The molecule has 1 atom stereocenters. The molecule has 0 radical (unpaired) electrons. The first-order valence-electron chi connectivity index (χ1n) is 10.7. The molecule has 3 aromatic rings. The number of carbonyl (C=O) groups is 2. The Kier molecular flexibility index (Phi) is 5.66. The van der Waals surface area contributed by atoms with Crippen LogP contribution in [0.4, 0.5) is 0 Å². The van der Waals surface area contributed by atoms with Crippen molar-refractivity contribution >= 4 is 35.0 Å². The molecule has 0 fully saturated rings. The van der Waals surface area contributed by atoms with E-state index in [2.05, 4.69) is 59.2 Å². The third kappa shape index (κ3) is 3.78. The summed E-state index contributed by atoms with van der Waals surface area (Å²) >= 11 is 11.9. The van der Waals surface area contributed by atoms with Crippen molar-refractivity contribution in [3.63, 3.8) is 0 Å². The Morgan fingerprint density at radius 1 is 0.844 bits per heavy atom. The minimum Gasteiger partial charge on any atom is -0.354 e. The molecule has 3 aliphatic carbocycles. The number of hydrogen-bond donors (Lipinski definition) is 2. The van der Waals surface area contributed by atoms with Crippen LogP contribution in [-0.4, -0.2) is 24.9 Å². The lowest BCUT2D eigenvalue weighted by Gasteiger charge is -2.45. The Morgan fingerprint density at radius 2 is 1.47 bits per heavy atom. The van der Waals surface area contributed by atoms with Gasteiger partial charge in [0.05, 0.1) is 17.1 Å². The highest BCUT2D eigenvalue weighted by Gasteiger charge is 2.42. The van der Waals surface area contributed by atoms with Gasteiger partial charge in [0.1, 0.15) is 0 Å². The lowest BCUT2D eigenvalue weighted by molar-refractivity contribution is -0.120. The molecule has 0 saturated heterocycles. The van der Waals surface area contributed by atoms with Gasteiger partial charge in [-0.05, 0) is 52.8 Å². The molecule has 3 aliphatic rings. The van der Waals surface area contributed by atoms with E-state index in [1.807, 2.05) is 0 Å². The summed E-state index contributed by atoms with van der Waals surface area (Å²) in [7, 11) is 0. The second-order valence-electron chi connectivity index (χ2n) is 8.39. The molecule has 2 bridgehead atoms. The smallest absolute Gasteiger partial charge is 0.253 e. The molecule has 0 spiro atoms. The minimum atomic E-state index is -0.401. The summed E-state index contributed by atoms with van der Waals surface area (Å²) in [5.74, 6) is 0.333. The lowest BCUT2D eigenvalue weighted by atomic mass is 9.59. The van der Waals surface area contributed by atoms with Crippen molar-refractivity contribution in [1.82, 2.24) is 10.6 Å². The van der Waals surface area contributed by atoms with E-state index in [4.69, 9.17) is 23.2 Å². The second kappa shape index (κ2) is 8.61. The molecule has 0 saturated carbocycles. The fourth-order valence-corrected chi connectivity index (χ4v) is 5.69. The number of carbonyl (C=O) groups excluding carboxylic acids is 2. The number of benzene rings is 3. The summed E-state index contributed by atoms with van der Waals surface area (Å²) in [5.41, 5.74) is 5.85. The second-order valence-corrected chi connectivity index (χ2v) is 9.24. The number of nitrogens with one attached hydrogen (secondary N) is 2. The largest absolute Gasteiger partial charge is 0.354 e. The number of hydrogen-bond acceptors (Lipinski definition) is 2. The molecular weight excluding hydrogens is 443 g/mol. The van der Waals surface area contributed by atoms with Crippen molar-refractivity contribution < 1.29 is 9.59 Å². The van der Waals surface area contributed by atoms with Gasteiger partial charge >= 0.3 is 0 Å². The molecule has 0 heterocycles. The quantitative estimate of drug-likeness (QED) is 0.549. The average molecular weight is 465 g/mol. The highest BCUT2D eigenvalue weighted by Crippen LogP contribution is 2.55. The van der Waals surface area contributed by atoms with Crippen molar-refractivity contribution in [2.45, 2.75) is 18.3 Å². The first kappa shape index (κ1) is 21.0. The Morgan fingerprint density at radius 3 is 2.09 bits per heavy atom. The van der Waals surface area contributed by atoms with Crippen LogP contribution >= 0.6 is 23.2 Å². The average Bonchev–Trinajstić information content (AvgIpc) is 2.81. The zero-order chi connectivity index (χ0) is 22.2. The van der Waals surface area contributed by atoms with Crippen LogP contribution in [0.3, 0.4) is 0 Å². The van der Waals surface area contributed by atoms with Gasteiger partial charge in [-0.3, -0.25) is 9.59 Å². The van der Waals surface area contributed by atoms with Crippen LogP contribution in [0.1, 0.15) is 50.9 Å². The Hall–Kier alpha value is -2.82. The van der Waals surface area contributed by atoms with Crippen LogP contribution in [0.15, 0.2) is 66.7 Å². The Labute approximate surface area is 196 Å². The molecular formula is C26H22Cl2N2O2. The minimum absolute atomic E-state index is 0.105. The van der Waals surface area contributed by atoms with Crippen molar-refractivity contribution in [3.8, 4) is 0 Å². The molecule has 6 rings (SSSR count). The van der Waals surface area contributed by atoms with Crippen LogP contribution in [-0.2, 0) is 4.79 Å². The third-order valence-electron chi connectivity index (χ3n) is 6.57. The maximum Gasteiger partial charge on any atom is 0.253 e. The van der Waals surface area contributed by atoms with Gasteiger partial charge in [0.25, 0.3) is 5.91 Å². The normalized spacial score (nSPS) is 20.2. The molecule has 162 valence electrons. The number of halogens is 2. The molecule has 0 aromatic heterocycles. The predicted octanol–water partition coefficient (Wildman–Crippen LogP) is 5.14. The summed E-state index contributed by atoms with van der Waals surface area (Å²) in [6, 6.07) is 21.9. The predicted molar refractivity (Wildman–Crippen MR) is 126 cm³/mol. The summed E-state index contributed by atoms with van der Waals surface area (Å²) < 4.78 is 0. The summed E-state index contributed by atoms with van der Waals surface area (Å²) in [5, 5.41) is 6.36. The monoisotopic (exact) mass is 464 g/mol. The van der Waals surface area contributed by atoms with Crippen molar-refractivity contribution in [1.29, 1.82) is 0 Å². The molecule has 1 unspecified atom stereocenters. The van der Waals surface area contributed by atoms with Crippen molar-refractivity contribution in [2.75, 3.05) is 13.1 Å². The topological polar surface area (TPSA) is 58.2 Å². The van der Waals surface area contributed by atoms with Crippen LogP contribution < -0.4 is 10.6 Å². The van der Waals surface area contributed by atoms with E-state index >= 15 is 0 Å². The van der Waals surface area contributed by atoms with Crippen molar-refractivity contribution in [3.05, 3.63) is 105 Å². The molecule has 0 aliphatic heterocycles. The van der Waals surface area contributed by atoms with Crippen molar-refractivity contribution in [2.24, 2.45) is 5.92 Å². The standard InChI is InChI=1S/C26H22Cl2N2O2/c27-16-9-10-21(23(28)12-16)26(32)30-14-24(31)29-13-15-11-22-17-5-1-3-7-19(17)25(15)20-8-4-2-6-18(20)22/h1-10,12,15,22,25H,11,13-14H2,(H,29,31)(H,30,32). The van der Waals surface area contributed by atoms with Gasteiger partial charge in [-0.15, -0.1) is 0 Å². The first-order chi connectivity index (χ1) is 15.5. The highest BCUT2D eigenvalue weighted by molar-refractivity contribution is 6.36.